The van der Waals surface area contributed by atoms with Crippen LogP contribution in [0.25, 0.3) is 68.7 Å². The van der Waals surface area contributed by atoms with Crippen LogP contribution in [0.2, 0.25) is 5.02 Å². The van der Waals surface area contributed by atoms with E-state index in [2.05, 4.69) is 143 Å². The Morgan fingerprint density at radius 2 is 0.543 bits per heavy atom. The van der Waals surface area contributed by atoms with Crippen LogP contribution in [0.5, 0.6) is 0 Å². The largest absolute Gasteiger partial charge is 2.00 e. The maximum absolute atomic E-state index is 6.16. The number of benzene rings is 4. The molecular formula is C111H179ClFe4N8O5+4. The Balaban J connectivity index is 0.00000153. The van der Waals surface area contributed by atoms with Crippen molar-refractivity contribution in [1.82, 2.24) is 19.6 Å². The van der Waals surface area contributed by atoms with Crippen molar-refractivity contribution in [3.8, 4) is 0 Å². The van der Waals surface area contributed by atoms with Gasteiger partial charge in [0.1, 0.15) is 0 Å². The summed E-state index contributed by atoms with van der Waals surface area (Å²) in [6.45, 7) is 12.4. The molecule has 129 heavy (non-hydrogen) atoms. The van der Waals surface area contributed by atoms with Gasteiger partial charge in [0.05, 0.1) is 37.5 Å². The molecule has 0 bridgehead atoms. The second-order valence-corrected chi connectivity index (χ2v) is 36.8. The van der Waals surface area contributed by atoms with Gasteiger partial charge in [-0.15, -0.1) is 0 Å². The van der Waals surface area contributed by atoms with E-state index in [4.69, 9.17) is 34.0 Å². The third-order valence-electron chi connectivity index (χ3n) is 26.9. The number of halogens is 1. The van der Waals surface area contributed by atoms with Crippen LogP contribution in [-0.2, 0) is 99.2 Å². The van der Waals surface area contributed by atoms with Gasteiger partial charge in [-0.2, -0.15) is 18.3 Å². The fourth-order valence-electron chi connectivity index (χ4n) is 19.9. The first-order chi connectivity index (χ1) is 57.8. The normalized spacial score (nSPS) is 17.7. The number of rotatable bonds is 24. The molecule has 3 saturated heterocycles. The van der Waals surface area contributed by atoms with E-state index in [-0.39, 0.29) is 128 Å². The quantitative estimate of drug-likeness (QED) is 0.0333. The van der Waals surface area contributed by atoms with E-state index in [1.807, 2.05) is 49.5 Å². The summed E-state index contributed by atoms with van der Waals surface area (Å²) < 4.78 is 39.2. The summed E-state index contributed by atoms with van der Waals surface area (Å²) in [5.74, 6) is 7.66. The topological polar surface area (TPSA) is 90.3 Å². The number of hydrogen-bond donors (Lipinski definition) is 0. The van der Waals surface area contributed by atoms with Gasteiger partial charge in [0.2, 0.25) is 22.3 Å². The second kappa shape index (κ2) is 72.6. The van der Waals surface area contributed by atoms with Crippen molar-refractivity contribution in [2.24, 2.45) is 23.7 Å². The van der Waals surface area contributed by atoms with E-state index in [1.165, 1.54) is 344 Å². The third-order valence-corrected chi connectivity index (χ3v) is 27.1. The minimum atomic E-state index is 0. The first kappa shape index (κ1) is 124. The van der Waals surface area contributed by atoms with Crippen LogP contribution in [0.4, 0.5) is 0 Å². The number of nitrogens with zero attached hydrogens (tertiary/aromatic N) is 8. The smallest absolute Gasteiger partial charge is 0.398 e. The van der Waals surface area contributed by atoms with E-state index in [0.29, 0.717) is 0 Å². The van der Waals surface area contributed by atoms with Crippen molar-refractivity contribution < 1.29 is 109 Å². The Labute approximate surface area is 837 Å². The van der Waals surface area contributed by atoms with Crippen LogP contribution in [-0.4, -0.2) is 86.2 Å². The Kier molecular flexibility index (Phi) is 70.0. The van der Waals surface area contributed by atoms with E-state index in [9.17, 15) is 0 Å². The van der Waals surface area contributed by atoms with Crippen molar-refractivity contribution in [2.75, 3.05) is 66.6 Å². The maximum atomic E-state index is 6.16. The SMILES string of the molecule is C(=C\N1CCCCC1)/c1oc2ccccc2[n+]1CCCC1CCCC1.C(=C\N1CCOCC1)/c1oc2ccccc2[n+]1CCCC1CCCC1.C1CCCC1.C1CCCC1.C1CCCC1.C1CCCC1.CN(C)/C=C/c1oc2ccccc2[n+]1CCCC1CCCC1.Clc1ccc2c(c1)oc(/C=C/N1CCCC1)[n+]2CCCC1CCCC1.[CH3-].[CH3-].[CH3-].[CH3-].[CH3-].[CH3-].[CH3-].[CH3-].[Fe+2].[Fe+2].[Fe+2].[Fe+2]. The van der Waals surface area contributed by atoms with Gasteiger partial charge in [0.25, 0.3) is 22.1 Å². The molecule has 728 valence electrons. The molecule has 0 spiro atoms. The number of aromatic nitrogens is 4. The third kappa shape index (κ3) is 43.4. The van der Waals surface area contributed by atoms with Gasteiger partial charge in [0.15, 0.2) is 26.2 Å². The standard InChI is InChI=1S/C22H31N2O.C21H28ClN2O.C21H29N2O2.C19H27N2O.4C5H10.8CH3.4Fe/c1-6-15-23(16-7-1)18-14-22-24(17-8-11-19-9-2-3-10-19)20-12-4-5-13-21(20)25-22;22-18-9-10-19-20(16-18)25-21(11-15-23-12-3-4-13-23)24(19)14-5-8-17-6-1-2-7-17;1-2-7-18(6-1)8-5-12-23-19-9-3-4-10-20(19)25-21(23)11-13-22-14-16-24-17-15-22;1-20(2)15-13-19-21(14-7-10-16-8-3-4-9-16)17-11-5-6-12-18(17)22-19;4*1-2-4-5-3-1;;;;;;;;;;;;/h4-5,12-14,18-19H,1-3,6-11,15-17H2;9-11,15-17H,1-8,12-14H2;3-4,9-11,13,18H,1-2,5-8,12,14-17H2;5-6,11-13,15-16H,3-4,7-10,14H2,1-2H3;4*1-5H2;8*1H3;;;;/q4*+1;;;;;8*-1;4*+2. The minimum Gasteiger partial charge on any atom is -0.398 e. The molecule has 8 aromatic rings. The Morgan fingerprint density at radius 1 is 0.302 bits per heavy atom. The zero-order chi connectivity index (χ0) is 80.4. The van der Waals surface area contributed by atoms with Crippen LogP contribution in [0, 0.1) is 83.1 Å². The summed E-state index contributed by atoms with van der Waals surface area (Å²) in [7, 11) is 4.06. The van der Waals surface area contributed by atoms with Crippen LogP contribution < -0.4 is 18.3 Å². The molecule has 4 aromatic heterocycles. The van der Waals surface area contributed by atoms with Crippen molar-refractivity contribution in [1.29, 1.82) is 0 Å². The summed E-state index contributed by atoms with van der Waals surface area (Å²) in [4.78, 5) is 9.15. The average Bonchev–Trinajstić information content (AvgIpc) is 1.61. The molecule has 0 atom stereocenters. The second-order valence-electron chi connectivity index (χ2n) is 36.3. The predicted octanol–water partition coefficient (Wildman–Crippen LogP) is 30.2. The van der Waals surface area contributed by atoms with Crippen molar-refractivity contribution in [3.63, 3.8) is 0 Å². The number of aryl methyl sites for hydroxylation is 4. The Bertz CT molecular complexity index is 3970. The summed E-state index contributed by atoms with van der Waals surface area (Å²) in [6.07, 6.45) is 87.0. The number of oxazole rings is 4. The van der Waals surface area contributed by atoms with Crippen LogP contribution in [0.15, 0.2) is 133 Å². The molecule has 0 amide bonds. The minimum absolute atomic E-state index is 0. The first-order valence-corrected chi connectivity index (χ1v) is 48.8. The Hall–Kier alpha value is -4.75. The molecule has 8 aliphatic carbocycles. The number of likely N-dealkylation sites (tertiary alicyclic amines) is 2. The Morgan fingerprint density at radius 3 is 0.829 bits per heavy atom. The number of ether oxygens (including phenoxy) is 1. The molecule has 11 aliphatic rings. The summed E-state index contributed by atoms with van der Waals surface area (Å²) in [5, 5.41) is 0.731. The molecule has 13 nitrogen and oxygen atoms in total. The predicted molar refractivity (Wildman–Crippen MR) is 538 cm³/mol. The van der Waals surface area contributed by atoms with Crippen molar-refractivity contribution >= 4 is 80.3 Å². The van der Waals surface area contributed by atoms with Crippen LogP contribution in [0.1, 0.15) is 338 Å². The molecule has 19 rings (SSSR count). The molecule has 18 heteroatoms. The molecule has 3 aliphatic heterocycles. The molecule has 11 fully saturated rings. The summed E-state index contributed by atoms with van der Waals surface area (Å²) >= 11 is 6.16. The van der Waals surface area contributed by atoms with Gasteiger partial charge >= 0.3 is 91.8 Å². The first-order valence-electron chi connectivity index (χ1n) is 48.4. The molecule has 7 heterocycles. The van der Waals surface area contributed by atoms with Gasteiger partial charge in [-0.25, -0.2) is 0 Å². The molecular weight excluding hydrogens is 1780 g/mol. The van der Waals surface area contributed by atoms with Gasteiger partial charge in [-0.05, 0) is 106 Å². The van der Waals surface area contributed by atoms with Crippen molar-refractivity contribution in [2.45, 2.75) is 341 Å². The van der Waals surface area contributed by atoms with Gasteiger partial charge < -0.3 is 101 Å². The molecule has 0 radical (unpaired) electrons. The average molecular weight is 1960 g/mol. The molecule has 4 aromatic carbocycles. The number of hydrogen-bond acceptors (Lipinski definition) is 9. The van der Waals surface area contributed by atoms with E-state index in [1.54, 1.807) is 0 Å². The number of para-hydroxylation sites is 6. The number of piperidine rings is 1. The van der Waals surface area contributed by atoms with E-state index < -0.39 is 0 Å². The fraction of sp³-hybridized carbons (Fsp3) is 0.604. The summed E-state index contributed by atoms with van der Waals surface area (Å²) in [5.41, 5.74) is 8.62. The number of fused-ring (bicyclic) bond motifs is 4. The van der Waals surface area contributed by atoms with Gasteiger partial charge in [-0.1, -0.05) is 279 Å². The van der Waals surface area contributed by atoms with Crippen LogP contribution >= 0.6 is 11.6 Å². The monoisotopic (exact) mass is 1960 g/mol. The van der Waals surface area contributed by atoms with Gasteiger partial charge in [-0.3, -0.25) is 0 Å². The maximum Gasteiger partial charge on any atom is 2.00 e. The van der Waals surface area contributed by atoms with E-state index >= 15 is 0 Å². The zero-order valence-electron chi connectivity index (χ0n) is 82.6. The molecule has 8 saturated carbocycles. The van der Waals surface area contributed by atoms with E-state index in [0.717, 1.165) is 146 Å². The van der Waals surface area contributed by atoms with Crippen molar-refractivity contribution in [3.05, 3.63) is 204 Å². The molecule has 0 unspecified atom stereocenters. The molecule has 0 N–H and O–H groups in total. The fourth-order valence-corrected chi connectivity index (χ4v) is 20.1. The number of morpholine rings is 1. The summed E-state index contributed by atoms with van der Waals surface area (Å²) in [6, 6.07) is 31.1. The zero-order valence-corrected chi connectivity index (χ0v) is 87.8. The van der Waals surface area contributed by atoms with Crippen LogP contribution in [0.3, 0.4) is 0 Å². The van der Waals surface area contributed by atoms with Gasteiger partial charge in [0, 0.05) is 139 Å².